The van der Waals surface area contributed by atoms with Gasteiger partial charge in [-0.2, -0.15) is 0 Å². The molecule has 4 rings (SSSR count). The Morgan fingerprint density at radius 1 is 1.10 bits per heavy atom. The van der Waals surface area contributed by atoms with E-state index in [2.05, 4.69) is 20.9 Å². The maximum atomic E-state index is 13.0. The van der Waals surface area contributed by atoms with Crippen molar-refractivity contribution in [2.45, 2.75) is 20.5 Å². The topological polar surface area (TPSA) is 94.4 Å². The Bertz CT molecular complexity index is 1620. The Hall–Kier alpha value is -3.24. The number of benzene rings is 3. The number of aliphatic hydroxyl groups is 1. The van der Waals surface area contributed by atoms with E-state index in [0.717, 1.165) is 22.9 Å². The zero-order valence-electron chi connectivity index (χ0n) is 22.2. The van der Waals surface area contributed by atoms with Gasteiger partial charge in [-0.25, -0.2) is 9.79 Å². The van der Waals surface area contributed by atoms with Gasteiger partial charge in [-0.15, -0.1) is 0 Å². The zero-order chi connectivity index (χ0) is 29.7. The van der Waals surface area contributed by atoms with Crippen molar-refractivity contribution in [1.82, 2.24) is 0 Å². The molecule has 1 heterocycles. The van der Waals surface area contributed by atoms with Crippen molar-refractivity contribution < 1.29 is 28.9 Å². The van der Waals surface area contributed by atoms with E-state index < -0.39 is 11.9 Å². The summed E-state index contributed by atoms with van der Waals surface area (Å²) in [5, 5.41) is 12.0. The van der Waals surface area contributed by atoms with Crippen LogP contribution in [0.4, 0.5) is 0 Å². The highest BCUT2D eigenvalue weighted by Gasteiger charge is 2.34. The van der Waals surface area contributed by atoms with Crippen LogP contribution in [-0.4, -0.2) is 35.7 Å². The van der Waals surface area contributed by atoms with Crippen LogP contribution in [0.3, 0.4) is 0 Å². The average molecular weight is 677 g/mol. The Balaban J connectivity index is 1.66. The van der Waals surface area contributed by atoms with Crippen LogP contribution in [-0.2, 0) is 16.1 Å². The molecule has 11 heteroatoms. The quantitative estimate of drug-likeness (QED) is 0.240. The van der Waals surface area contributed by atoms with Gasteiger partial charge < -0.3 is 19.3 Å². The van der Waals surface area contributed by atoms with E-state index >= 15 is 0 Å². The van der Waals surface area contributed by atoms with E-state index in [9.17, 15) is 14.7 Å². The molecule has 7 nitrogen and oxygen atoms in total. The molecule has 41 heavy (non-hydrogen) atoms. The highest BCUT2D eigenvalue weighted by molar-refractivity contribution is 9.10. The highest BCUT2D eigenvalue weighted by Crippen LogP contribution is 2.42. The molecule has 0 unspecified atom stereocenters. The lowest BCUT2D eigenvalue weighted by atomic mass is 10.1. The fourth-order valence-corrected chi connectivity index (χ4v) is 5.76. The minimum atomic E-state index is -0.776. The van der Waals surface area contributed by atoms with Gasteiger partial charge in [-0.05, 0) is 82.9 Å². The van der Waals surface area contributed by atoms with Crippen molar-refractivity contribution in [2.24, 2.45) is 4.99 Å². The van der Waals surface area contributed by atoms with Gasteiger partial charge in [-0.1, -0.05) is 59.2 Å². The first-order valence-corrected chi connectivity index (χ1v) is 14.6. The molecule has 0 saturated carbocycles. The van der Waals surface area contributed by atoms with Gasteiger partial charge in [0, 0.05) is 5.56 Å². The molecule has 3 aromatic carbocycles. The monoisotopic (exact) mass is 675 g/mol. The molecule has 1 N–H and O–H groups in total. The number of hydrogen-bond acceptors (Lipinski definition) is 7. The lowest BCUT2D eigenvalue weighted by Crippen LogP contribution is -2.14. The Morgan fingerprint density at radius 2 is 1.85 bits per heavy atom. The molecular weight excluding hydrogens is 653 g/mol. The summed E-state index contributed by atoms with van der Waals surface area (Å²) in [7, 11) is 1.51. The van der Waals surface area contributed by atoms with Crippen molar-refractivity contribution in [1.29, 1.82) is 0 Å². The van der Waals surface area contributed by atoms with Gasteiger partial charge in [0.15, 0.2) is 11.5 Å². The number of aryl methyl sites for hydroxylation is 1. The number of aliphatic imine (C=N–C) groups is 1. The average Bonchev–Trinajstić information content (AvgIpc) is 3.23. The molecule has 0 aromatic heterocycles. The third kappa shape index (κ3) is 7.16. The molecule has 0 atom stereocenters. The number of nitrogens with zero attached hydrogens (tertiary/aromatic N) is 1. The fraction of sp³-hybridized carbons (Fsp3) is 0.167. The Kier molecular flexibility index (Phi) is 10.2. The van der Waals surface area contributed by atoms with Crippen LogP contribution in [0.5, 0.6) is 11.5 Å². The highest BCUT2D eigenvalue weighted by atomic mass is 79.9. The van der Waals surface area contributed by atoms with Gasteiger partial charge in [0.25, 0.3) is 5.91 Å². The number of carbonyl (C=O) groups excluding carboxylic acids is 2. The van der Waals surface area contributed by atoms with E-state index in [1.54, 1.807) is 62.4 Å². The number of rotatable bonds is 8. The second-order valence-corrected chi connectivity index (χ2v) is 11.4. The van der Waals surface area contributed by atoms with Crippen LogP contribution in [0.25, 0.3) is 6.08 Å². The molecule has 0 spiro atoms. The number of hydrogen-bond donors (Lipinski definition) is 1. The summed E-state index contributed by atoms with van der Waals surface area (Å²) >= 11 is 16.6. The lowest BCUT2D eigenvalue weighted by Gasteiger charge is -2.14. The van der Waals surface area contributed by atoms with Crippen LogP contribution in [0.15, 0.2) is 80.3 Å². The fourth-order valence-electron chi connectivity index (χ4n) is 3.86. The Labute approximate surface area is 259 Å². The predicted molar refractivity (Wildman–Crippen MR) is 166 cm³/mol. The summed E-state index contributed by atoms with van der Waals surface area (Å²) in [6.07, 6.45) is 1.65. The van der Waals surface area contributed by atoms with E-state index in [4.69, 9.17) is 37.4 Å². The second-order valence-electron chi connectivity index (χ2n) is 8.66. The molecule has 0 radical (unpaired) electrons. The molecular formula is C30H24BrCl2NO6S. The number of aliphatic hydroxyl groups excluding tert-OH is 1. The van der Waals surface area contributed by atoms with Gasteiger partial charge in [-0.3, -0.25) is 4.79 Å². The summed E-state index contributed by atoms with van der Waals surface area (Å²) in [6, 6.07) is 15.7. The molecule has 212 valence electrons. The van der Waals surface area contributed by atoms with Crippen molar-refractivity contribution in [3.63, 3.8) is 0 Å². The Morgan fingerprint density at radius 3 is 2.54 bits per heavy atom. The van der Waals surface area contributed by atoms with E-state index in [-0.39, 0.29) is 29.6 Å². The number of ether oxygens (including phenoxy) is 3. The summed E-state index contributed by atoms with van der Waals surface area (Å²) in [4.78, 5) is 30.2. The number of carbonyl (C=O) groups is 2. The van der Waals surface area contributed by atoms with Crippen molar-refractivity contribution in [2.75, 3.05) is 13.7 Å². The maximum Gasteiger partial charge on any atom is 0.344 e. The van der Waals surface area contributed by atoms with E-state index in [0.29, 0.717) is 42.0 Å². The molecule has 3 aromatic rings. The molecule has 0 fully saturated rings. The first-order chi connectivity index (χ1) is 19.6. The molecule has 0 saturated heterocycles. The number of halogens is 3. The number of methoxy groups -OCH3 is 1. The third-order valence-corrected chi connectivity index (χ3v) is 8.21. The van der Waals surface area contributed by atoms with Crippen molar-refractivity contribution in [3.8, 4) is 11.5 Å². The lowest BCUT2D eigenvalue weighted by molar-refractivity contribution is -0.138. The minimum absolute atomic E-state index is 0.0491. The first kappa shape index (κ1) is 30.7. The second kappa shape index (κ2) is 13.6. The van der Waals surface area contributed by atoms with Crippen LogP contribution >= 0.6 is 50.9 Å². The van der Waals surface area contributed by atoms with Crippen LogP contribution in [0.2, 0.25) is 10.0 Å². The van der Waals surface area contributed by atoms with Crippen molar-refractivity contribution >= 4 is 73.9 Å². The third-order valence-electron chi connectivity index (χ3n) is 5.87. The van der Waals surface area contributed by atoms with Crippen LogP contribution in [0, 0.1) is 6.92 Å². The van der Waals surface area contributed by atoms with Gasteiger partial charge >= 0.3 is 5.97 Å². The van der Waals surface area contributed by atoms with Crippen LogP contribution < -0.4 is 9.47 Å². The molecule has 1 aliphatic heterocycles. The van der Waals surface area contributed by atoms with E-state index in [1.165, 1.54) is 7.11 Å². The molecule has 0 bridgehead atoms. The SMILES string of the molecule is CCOC(=O)C1=C(O)/C(=C/c2cc(Br)c(OCc3ccc(Cl)c(Cl)c3)c(OC)c2)SC1=NC(=O)c1ccccc1C. The van der Waals surface area contributed by atoms with Gasteiger partial charge in [0.05, 0.1) is 33.1 Å². The van der Waals surface area contributed by atoms with Crippen molar-refractivity contribution in [3.05, 3.63) is 108 Å². The van der Waals surface area contributed by atoms with Crippen LogP contribution in [0.1, 0.15) is 34.0 Å². The summed E-state index contributed by atoms with van der Waals surface area (Å²) in [6.45, 7) is 3.75. The minimum Gasteiger partial charge on any atom is -0.506 e. The normalized spacial score (nSPS) is 15.0. The predicted octanol–water partition coefficient (Wildman–Crippen LogP) is 8.35. The summed E-state index contributed by atoms with van der Waals surface area (Å²) in [5.74, 6) is -0.763. The number of thioether (sulfide) groups is 1. The summed E-state index contributed by atoms with van der Waals surface area (Å²) in [5.41, 5.74) is 2.41. The standard InChI is InChI=1S/C30H24BrCl2NO6S/c1-4-39-30(37)25-26(35)24(41-29(25)34-28(36)19-8-6-5-7-16(19)2)14-18-11-20(31)27(23(13-18)38-3)40-15-17-9-10-21(32)22(33)12-17/h5-14,35H,4,15H2,1-3H3/b24-14-,34-29?. The first-order valence-electron chi connectivity index (χ1n) is 12.3. The largest absolute Gasteiger partial charge is 0.506 e. The maximum absolute atomic E-state index is 13.0. The zero-order valence-corrected chi connectivity index (χ0v) is 26.1. The molecule has 0 aliphatic carbocycles. The summed E-state index contributed by atoms with van der Waals surface area (Å²) < 4.78 is 17.3. The molecule has 1 amide bonds. The van der Waals surface area contributed by atoms with Gasteiger partial charge in [0.2, 0.25) is 0 Å². The smallest absolute Gasteiger partial charge is 0.344 e. The number of amides is 1. The molecule has 1 aliphatic rings. The van der Waals surface area contributed by atoms with E-state index in [1.807, 2.05) is 12.1 Å². The number of esters is 1. The van der Waals surface area contributed by atoms with Gasteiger partial charge in [0.1, 0.15) is 23.0 Å².